The van der Waals surface area contributed by atoms with E-state index in [0.29, 0.717) is 0 Å². The van der Waals surface area contributed by atoms with Crippen molar-refractivity contribution in [1.29, 1.82) is 0 Å². The molecule has 3 rings (SSSR count). The number of hydrogen-bond donors (Lipinski definition) is 1. The number of ether oxygens (including phenoxy) is 1. The van der Waals surface area contributed by atoms with Gasteiger partial charge in [0.1, 0.15) is 5.75 Å². The molecule has 2 aliphatic heterocycles. The lowest BCUT2D eigenvalue weighted by Crippen LogP contribution is -2.64. The highest BCUT2D eigenvalue weighted by atomic mass is 79.9. The summed E-state index contributed by atoms with van der Waals surface area (Å²) in [6.45, 7) is 7.15. The lowest BCUT2D eigenvalue weighted by Gasteiger charge is -2.52. The van der Waals surface area contributed by atoms with Crippen LogP contribution in [0.1, 0.15) is 37.4 Å². The van der Waals surface area contributed by atoms with Gasteiger partial charge in [-0.1, -0.05) is 6.07 Å². The van der Waals surface area contributed by atoms with Gasteiger partial charge in [-0.2, -0.15) is 0 Å². The number of fused-ring (bicyclic) bond motifs is 4. The molecule has 19 heavy (non-hydrogen) atoms. The molecule has 0 amide bonds. The molecule has 0 aromatic heterocycles. The van der Waals surface area contributed by atoms with E-state index in [-0.39, 0.29) is 11.8 Å². The second kappa shape index (κ2) is 4.35. The van der Waals surface area contributed by atoms with Crippen molar-refractivity contribution in [3.8, 4) is 5.75 Å². The zero-order chi connectivity index (χ0) is 13.8. The summed E-state index contributed by atoms with van der Waals surface area (Å²) in [7, 11) is 0. The number of halogens is 1. The van der Waals surface area contributed by atoms with Crippen LogP contribution < -0.4 is 10.1 Å². The third kappa shape index (κ3) is 1.94. The van der Waals surface area contributed by atoms with E-state index in [9.17, 15) is 0 Å². The van der Waals surface area contributed by atoms with Crippen LogP contribution in [0.2, 0.25) is 0 Å². The highest BCUT2D eigenvalue weighted by Crippen LogP contribution is 2.47. The monoisotopic (exact) mass is 340 g/mol. The van der Waals surface area contributed by atoms with Crippen molar-refractivity contribution in [2.45, 2.75) is 39.0 Å². The summed E-state index contributed by atoms with van der Waals surface area (Å²) >= 11 is 9.09. The molecule has 3 nitrogen and oxygen atoms in total. The van der Waals surface area contributed by atoms with Gasteiger partial charge in [-0.3, -0.25) is 0 Å². The van der Waals surface area contributed by atoms with E-state index in [1.54, 1.807) is 0 Å². The molecule has 5 heteroatoms. The minimum atomic E-state index is -0.355. The molecule has 2 atom stereocenters. The molecule has 1 aromatic rings. The van der Waals surface area contributed by atoms with Crippen LogP contribution in [0.3, 0.4) is 0 Å². The molecular weight excluding hydrogens is 324 g/mol. The minimum Gasteiger partial charge on any atom is -0.467 e. The van der Waals surface area contributed by atoms with Crippen LogP contribution in [0.5, 0.6) is 5.75 Å². The van der Waals surface area contributed by atoms with Gasteiger partial charge < -0.3 is 15.0 Å². The molecule has 0 radical (unpaired) electrons. The molecule has 1 fully saturated rings. The van der Waals surface area contributed by atoms with E-state index >= 15 is 0 Å². The predicted octanol–water partition coefficient (Wildman–Crippen LogP) is 3.51. The number of rotatable bonds is 1. The number of nitrogens with zero attached hydrogens (tertiary/aromatic N) is 1. The van der Waals surface area contributed by atoms with Crippen molar-refractivity contribution >= 4 is 33.3 Å². The quantitative estimate of drug-likeness (QED) is 0.790. The SMILES string of the molecule is CCN1C(=S)NC2CC1(C)Oc1c(Br)cc(C)cc12. The summed E-state index contributed by atoms with van der Waals surface area (Å²) in [4.78, 5) is 2.12. The fraction of sp³-hybridized carbons (Fsp3) is 0.500. The molecule has 1 saturated heterocycles. The topological polar surface area (TPSA) is 24.5 Å². The maximum atomic E-state index is 6.30. The average molecular weight is 341 g/mol. The van der Waals surface area contributed by atoms with Crippen molar-refractivity contribution in [3.05, 3.63) is 27.7 Å². The third-order valence-electron chi connectivity index (χ3n) is 3.93. The Kier molecular flexibility index (Phi) is 3.02. The van der Waals surface area contributed by atoms with Crippen LogP contribution in [0.4, 0.5) is 0 Å². The van der Waals surface area contributed by atoms with E-state index in [1.165, 1.54) is 11.1 Å². The Morgan fingerprint density at radius 3 is 3.00 bits per heavy atom. The molecule has 1 aromatic carbocycles. The third-order valence-corrected chi connectivity index (χ3v) is 4.85. The number of thiocarbonyl (C=S) groups is 1. The molecule has 2 bridgehead atoms. The van der Waals surface area contributed by atoms with Gasteiger partial charge in [-0.25, -0.2) is 0 Å². The van der Waals surface area contributed by atoms with Crippen LogP contribution in [0.25, 0.3) is 0 Å². The number of aryl methyl sites for hydroxylation is 1. The Balaban J connectivity index is 2.13. The summed E-state index contributed by atoms with van der Waals surface area (Å²) in [6, 6.07) is 4.51. The van der Waals surface area contributed by atoms with Gasteiger partial charge in [-0.05, 0) is 60.5 Å². The Bertz CT molecular complexity index is 563. The Morgan fingerprint density at radius 1 is 1.58 bits per heavy atom. The first kappa shape index (κ1) is 13.2. The molecular formula is C14H17BrN2OS. The van der Waals surface area contributed by atoms with Crippen LogP contribution in [-0.4, -0.2) is 22.3 Å². The minimum absolute atomic E-state index is 0.236. The predicted molar refractivity (Wildman–Crippen MR) is 83.4 cm³/mol. The van der Waals surface area contributed by atoms with Crippen LogP contribution in [0, 0.1) is 6.92 Å². The molecule has 2 aliphatic rings. The largest absolute Gasteiger partial charge is 0.467 e. The first-order valence-electron chi connectivity index (χ1n) is 6.52. The van der Waals surface area contributed by atoms with E-state index in [1.807, 2.05) is 0 Å². The molecule has 2 unspecified atom stereocenters. The molecule has 0 saturated carbocycles. The highest BCUT2D eigenvalue weighted by molar-refractivity contribution is 9.10. The van der Waals surface area contributed by atoms with Crippen molar-refractivity contribution in [3.63, 3.8) is 0 Å². The van der Waals surface area contributed by atoms with Crippen LogP contribution in [-0.2, 0) is 0 Å². The average Bonchev–Trinajstić information content (AvgIpc) is 2.31. The zero-order valence-electron chi connectivity index (χ0n) is 11.3. The lowest BCUT2D eigenvalue weighted by molar-refractivity contribution is -0.0664. The van der Waals surface area contributed by atoms with Crippen LogP contribution in [0.15, 0.2) is 16.6 Å². The molecule has 0 aliphatic carbocycles. The van der Waals surface area contributed by atoms with Gasteiger partial charge >= 0.3 is 0 Å². The normalized spacial score (nSPS) is 28.5. The number of nitrogens with one attached hydrogen (secondary N) is 1. The van der Waals surface area contributed by atoms with E-state index in [4.69, 9.17) is 17.0 Å². The lowest BCUT2D eigenvalue weighted by atomic mass is 9.90. The summed E-state index contributed by atoms with van der Waals surface area (Å²) in [6.07, 6.45) is 0.907. The smallest absolute Gasteiger partial charge is 0.184 e. The van der Waals surface area contributed by atoms with Gasteiger partial charge in [0.05, 0.1) is 10.5 Å². The number of benzene rings is 1. The van der Waals surface area contributed by atoms with Crippen molar-refractivity contribution in [2.75, 3.05) is 6.54 Å². The second-order valence-corrected chi connectivity index (χ2v) is 6.63. The molecule has 0 spiro atoms. The summed E-state index contributed by atoms with van der Waals surface area (Å²) in [5.74, 6) is 0.942. The van der Waals surface area contributed by atoms with Crippen molar-refractivity contribution in [2.24, 2.45) is 0 Å². The standard InChI is InChI=1S/C14H17BrN2OS/c1-4-17-13(19)16-11-7-14(17,3)18-12-9(11)5-8(2)6-10(12)15/h5-6,11H,4,7H2,1-3H3,(H,16,19). The fourth-order valence-electron chi connectivity index (χ4n) is 3.09. The second-order valence-electron chi connectivity index (χ2n) is 5.39. The molecule has 102 valence electrons. The molecule has 2 heterocycles. The number of hydrogen-bond acceptors (Lipinski definition) is 2. The maximum Gasteiger partial charge on any atom is 0.184 e. The van der Waals surface area contributed by atoms with Gasteiger partial charge in [0.15, 0.2) is 10.8 Å². The van der Waals surface area contributed by atoms with E-state index in [0.717, 1.165) is 28.3 Å². The van der Waals surface area contributed by atoms with Crippen molar-refractivity contribution in [1.82, 2.24) is 10.2 Å². The summed E-state index contributed by atoms with van der Waals surface area (Å²) < 4.78 is 7.32. The van der Waals surface area contributed by atoms with E-state index < -0.39 is 0 Å². The molecule has 1 N–H and O–H groups in total. The van der Waals surface area contributed by atoms with Crippen LogP contribution >= 0.6 is 28.1 Å². The Hall–Kier alpha value is -0.810. The Labute approximate surface area is 127 Å². The van der Waals surface area contributed by atoms with Gasteiger partial charge in [-0.15, -0.1) is 0 Å². The first-order valence-corrected chi connectivity index (χ1v) is 7.72. The summed E-state index contributed by atoms with van der Waals surface area (Å²) in [5, 5.41) is 4.22. The van der Waals surface area contributed by atoms with Gasteiger partial charge in [0, 0.05) is 18.5 Å². The zero-order valence-corrected chi connectivity index (χ0v) is 13.7. The van der Waals surface area contributed by atoms with E-state index in [2.05, 4.69) is 59.1 Å². The first-order chi connectivity index (χ1) is 8.94. The van der Waals surface area contributed by atoms with Crippen molar-refractivity contribution < 1.29 is 4.74 Å². The summed E-state index contributed by atoms with van der Waals surface area (Å²) in [5.41, 5.74) is 2.07. The van der Waals surface area contributed by atoms with Gasteiger partial charge in [0.25, 0.3) is 0 Å². The Morgan fingerprint density at radius 2 is 2.32 bits per heavy atom. The highest BCUT2D eigenvalue weighted by Gasteiger charge is 2.47. The maximum absolute atomic E-state index is 6.30. The van der Waals surface area contributed by atoms with Gasteiger partial charge in [0.2, 0.25) is 0 Å². The fourth-order valence-corrected chi connectivity index (χ4v) is 4.22.